The molecule has 6 heteroatoms. The number of nitrogens with zero attached hydrogens (tertiary/aromatic N) is 1. The summed E-state index contributed by atoms with van der Waals surface area (Å²) in [4.78, 5) is 20.8. The Bertz CT molecular complexity index is 466. The van der Waals surface area contributed by atoms with E-state index in [4.69, 9.17) is 9.84 Å². The lowest BCUT2D eigenvalue weighted by Gasteiger charge is -2.03. The number of esters is 1. The summed E-state index contributed by atoms with van der Waals surface area (Å²) in [7, 11) is 0. The number of phenolic OH excluding ortho intramolecular Hbond substituents is 1. The average molecular weight is 223 g/mol. The topological polar surface area (TPSA) is 89.7 Å². The summed E-state index contributed by atoms with van der Waals surface area (Å²) in [6.07, 6.45) is 0. The molecule has 84 valence electrons. The molecular formula is C10H9NO5. The Morgan fingerprint density at radius 1 is 1.56 bits per heavy atom. The van der Waals surface area contributed by atoms with Crippen molar-refractivity contribution in [1.29, 1.82) is 0 Å². The number of carbonyl (C=O) groups is 1. The van der Waals surface area contributed by atoms with Crippen LogP contribution < -0.4 is 4.74 Å². The van der Waals surface area contributed by atoms with Gasteiger partial charge in [-0.15, -0.1) is 0 Å². The lowest BCUT2D eigenvalue weighted by Crippen LogP contribution is -2.08. The zero-order chi connectivity index (χ0) is 12.3. The van der Waals surface area contributed by atoms with Gasteiger partial charge in [-0.05, 0) is 19.1 Å². The van der Waals surface area contributed by atoms with E-state index in [2.05, 4.69) is 6.58 Å². The largest absolute Gasteiger partial charge is 0.502 e. The molecule has 0 saturated carbocycles. The molecule has 1 aromatic carbocycles. The number of nitro benzene ring substituents is 1. The van der Waals surface area contributed by atoms with Crippen molar-refractivity contribution in [3.63, 3.8) is 0 Å². The minimum Gasteiger partial charge on any atom is -0.502 e. The predicted molar refractivity (Wildman–Crippen MR) is 55.2 cm³/mol. The minimum atomic E-state index is -0.770. The molecule has 0 aliphatic heterocycles. The van der Waals surface area contributed by atoms with Crippen LogP contribution in [0.1, 0.15) is 6.92 Å². The number of rotatable bonds is 3. The zero-order valence-electron chi connectivity index (χ0n) is 8.47. The van der Waals surface area contributed by atoms with Crippen LogP contribution in [0.2, 0.25) is 0 Å². The first-order valence-electron chi connectivity index (χ1n) is 4.27. The molecule has 0 aliphatic rings. The zero-order valence-corrected chi connectivity index (χ0v) is 8.47. The highest BCUT2D eigenvalue weighted by atomic mass is 16.6. The maximum atomic E-state index is 11.1. The molecule has 0 bridgehead atoms. The highest BCUT2D eigenvalue weighted by Crippen LogP contribution is 2.29. The van der Waals surface area contributed by atoms with Crippen molar-refractivity contribution in [3.05, 3.63) is 40.5 Å². The normalized spacial score (nSPS) is 9.56. The van der Waals surface area contributed by atoms with Gasteiger partial charge in [-0.2, -0.15) is 0 Å². The van der Waals surface area contributed by atoms with Gasteiger partial charge in [-0.1, -0.05) is 6.58 Å². The Morgan fingerprint density at radius 3 is 2.69 bits per heavy atom. The second-order valence-electron chi connectivity index (χ2n) is 3.08. The molecule has 0 unspecified atom stereocenters. The quantitative estimate of drug-likeness (QED) is 0.277. The third-order valence-corrected chi connectivity index (χ3v) is 1.70. The van der Waals surface area contributed by atoms with E-state index in [-0.39, 0.29) is 11.3 Å². The summed E-state index contributed by atoms with van der Waals surface area (Å²) in [5.41, 5.74) is -0.345. The molecule has 1 rings (SSSR count). The van der Waals surface area contributed by atoms with Crippen molar-refractivity contribution in [2.75, 3.05) is 0 Å². The molecular weight excluding hydrogens is 214 g/mol. The second-order valence-corrected chi connectivity index (χ2v) is 3.08. The Labute approximate surface area is 90.9 Å². The summed E-state index contributed by atoms with van der Waals surface area (Å²) >= 11 is 0. The molecule has 1 N–H and O–H groups in total. The molecule has 0 aromatic heterocycles. The van der Waals surface area contributed by atoms with E-state index in [1.165, 1.54) is 13.0 Å². The van der Waals surface area contributed by atoms with Gasteiger partial charge in [-0.25, -0.2) is 4.79 Å². The number of ether oxygens (including phenoxy) is 1. The summed E-state index contributed by atoms with van der Waals surface area (Å²) in [5.74, 6) is -1.18. The fourth-order valence-electron chi connectivity index (χ4n) is 0.907. The van der Waals surface area contributed by atoms with E-state index in [9.17, 15) is 14.9 Å². The summed E-state index contributed by atoms with van der Waals surface area (Å²) in [6, 6.07) is 3.30. The molecule has 16 heavy (non-hydrogen) atoms. The van der Waals surface area contributed by atoms with Crippen molar-refractivity contribution in [3.8, 4) is 11.5 Å². The molecule has 0 saturated heterocycles. The number of nitro groups is 1. The van der Waals surface area contributed by atoms with Gasteiger partial charge in [0, 0.05) is 5.57 Å². The Hall–Kier alpha value is -2.37. The lowest BCUT2D eigenvalue weighted by molar-refractivity contribution is -0.385. The van der Waals surface area contributed by atoms with E-state index >= 15 is 0 Å². The number of benzene rings is 1. The standard InChI is InChI=1S/C10H9NO5/c1-6(2)10(13)16-7-3-4-9(12)8(5-7)11(14)15/h3-5,12H,1H2,2H3. The smallest absolute Gasteiger partial charge is 0.338 e. The molecule has 0 atom stereocenters. The third kappa shape index (κ3) is 2.57. The van der Waals surface area contributed by atoms with E-state index < -0.39 is 22.3 Å². The van der Waals surface area contributed by atoms with Gasteiger partial charge < -0.3 is 9.84 Å². The summed E-state index contributed by atoms with van der Waals surface area (Å²) in [6.45, 7) is 4.82. The van der Waals surface area contributed by atoms with Gasteiger partial charge in [0.05, 0.1) is 11.0 Å². The van der Waals surface area contributed by atoms with E-state index in [1.54, 1.807) is 0 Å². The molecule has 0 amide bonds. The van der Waals surface area contributed by atoms with Crippen LogP contribution in [0.4, 0.5) is 5.69 Å². The first-order chi connectivity index (χ1) is 7.41. The lowest BCUT2D eigenvalue weighted by atomic mass is 10.3. The van der Waals surface area contributed by atoms with Crippen LogP contribution in [0, 0.1) is 10.1 Å². The monoisotopic (exact) mass is 223 g/mol. The summed E-state index contributed by atoms with van der Waals surface area (Å²) in [5, 5.41) is 19.6. The van der Waals surface area contributed by atoms with Crippen molar-refractivity contribution in [2.45, 2.75) is 6.92 Å². The Morgan fingerprint density at radius 2 is 2.19 bits per heavy atom. The number of carbonyl (C=O) groups excluding carboxylic acids is 1. The molecule has 0 radical (unpaired) electrons. The van der Waals surface area contributed by atoms with Gasteiger partial charge in [0.25, 0.3) is 0 Å². The fourth-order valence-corrected chi connectivity index (χ4v) is 0.907. The minimum absolute atomic E-state index is 0.0162. The van der Waals surface area contributed by atoms with Gasteiger partial charge in [0.1, 0.15) is 5.75 Å². The molecule has 1 aromatic rings. The first-order valence-corrected chi connectivity index (χ1v) is 4.27. The van der Waals surface area contributed by atoms with Crippen LogP contribution in [-0.4, -0.2) is 16.0 Å². The van der Waals surface area contributed by atoms with Crippen LogP contribution in [0.15, 0.2) is 30.4 Å². The van der Waals surface area contributed by atoms with Gasteiger partial charge in [-0.3, -0.25) is 10.1 Å². The van der Waals surface area contributed by atoms with Crippen LogP contribution >= 0.6 is 0 Å². The Balaban J connectivity index is 3.00. The predicted octanol–water partition coefficient (Wildman–Crippen LogP) is 1.78. The Kier molecular flexibility index (Phi) is 3.24. The van der Waals surface area contributed by atoms with Crippen molar-refractivity contribution in [2.24, 2.45) is 0 Å². The van der Waals surface area contributed by atoms with Gasteiger partial charge >= 0.3 is 11.7 Å². The fraction of sp³-hybridized carbons (Fsp3) is 0.100. The van der Waals surface area contributed by atoms with Crippen molar-refractivity contribution in [1.82, 2.24) is 0 Å². The highest BCUT2D eigenvalue weighted by molar-refractivity contribution is 5.88. The van der Waals surface area contributed by atoms with E-state index in [0.29, 0.717) is 0 Å². The van der Waals surface area contributed by atoms with Crippen LogP contribution in [0.3, 0.4) is 0 Å². The molecule has 0 fully saturated rings. The van der Waals surface area contributed by atoms with E-state index in [0.717, 1.165) is 12.1 Å². The number of hydrogen-bond acceptors (Lipinski definition) is 5. The number of hydrogen-bond donors (Lipinski definition) is 1. The maximum Gasteiger partial charge on any atom is 0.338 e. The SMILES string of the molecule is C=C(C)C(=O)Oc1ccc(O)c([N+](=O)[O-])c1. The molecule has 0 spiro atoms. The highest BCUT2D eigenvalue weighted by Gasteiger charge is 2.15. The molecule has 0 aliphatic carbocycles. The number of aromatic hydroxyl groups is 1. The summed E-state index contributed by atoms with van der Waals surface area (Å²) < 4.78 is 4.77. The maximum absolute atomic E-state index is 11.1. The van der Waals surface area contributed by atoms with Gasteiger partial charge in [0.2, 0.25) is 0 Å². The van der Waals surface area contributed by atoms with Gasteiger partial charge in [0.15, 0.2) is 5.75 Å². The van der Waals surface area contributed by atoms with E-state index in [1.807, 2.05) is 0 Å². The second kappa shape index (κ2) is 4.43. The first kappa shape index (κ1) is 11.7. The van der Waals surface area contributed by atoms with Crippen LogP contribution in [0.5, 0.6) is 11.5 Å². The average Bonchev–Trinajstić information content (AvgIpc) is 2.20. The van der Waals surface area contributed by atoms with Crippen molar-refractivity contribution < 1.29 is 19.6 Å². The van der Waals surface area contributed by atoms with Crippen LogP contribution in [-0.2, 0) is 4.79 Å². The van der Waals surface area contributed by atoms with Crippen LogP contribution in [0.25, 0.3) is 0 Å². The number of phenols is 1. The molecule has 0 heterocycles. The van der Waals surface area contributed by atoms with Crippen molar-refractivity contribution >= 4 is 11.7 Å². The third-order valence-electron chi connectivity index (χ3n) is 1.70. The molecule has 6 nitrogen and oxygen atoms in total.